The van der Waals surface area contributed by atoms with Crippen LogP contribution in [-0.4, -0.2) is 39.0 Å². The van der Waals surface area contributed by atoms with E-state index in [-0.39, 0.29) is 11.0 Å². The molecule has 0 heterocycles. The lowest BCUT2D eigenvalue weighted by Crippen LogP contribution is -2.31. The third-order valence-corrected chi connectivity index (χ3v) is 5.63. The molecule has 2 N–H and O–H groups in total. The van der Waals surface area contributed by atoms with E-state index >= 15 is 0 Å². The number of halogens is 1. The van der Waals surface area contributed by atoms with Crippen LogP contribution in [0.15, 0.2) is 27.6 Å². The Bertz CT molecular complexity index is 547. The maximum atomic E-state index is 12.5. The van der Waals surface area contributed by atoms with Crippen molar-refractivity contribution in [1.29, 1.82) is 0 Å². The zero-order valence-electron chi connectivity index (χ0n) is 12.0. The first-order valence-corrected chi connectivity index (χ1v) is 8.58. The van der Waals surface area contributed by atoms with E-state index in [1.54, 1.807) is 25.2 Å². The van der Waals surface area contributed by atoms with Crippen molar-refractivity contribution in [3.05, 3.63) is 28.2 Å². The number of nitrogens with two attached hydrogens (primary N) is 1. The van der Waals surface area contributed by atoms with Crippen LogP contribution in [0.25, 0.3) is 0 Å². The van der Waals surface area contributed by atoms with Crippen LogP contribution < -0.4 is 5.73 Å². The maximum Gasteiger partial charge on any atom is 0.244 e. The molecule has 1 rings (SSSR count). The van der Waals surface area contributed by atoms with Crippen molar-refractivity contribution in [1.82, 2.24) is 4.31 Å². The summed E-state index contributed by atoms with van der Waals surface area (Å²) in [6, 6.07) is 5.09. The minimum atomic E-state index is -3.55. The van der Waals surface area contributed by atoms with Gasteiger partial charge >= 0.3 is 0 Å². The smallest absolute Gasteiger partial charge is 0.244 e. The van der Waals surface area contributed by atoms with Gasteiger partial charge < -0.3 is 10.5 Å². The Labute approximate surface area is 129 Å². The fraction of sp³-hybridized carbons (Fsp3) is 0.538. The Morgan fingerprint density at radius 2 is 2.05 bits per heavy atom. The molecule has 0 amide bonds. The van der Waals surface area contributed by atoms with Gasteiger partial charge in [0.05, 0.1) is 17.6 Å². The number of hydrogen-bond donors (Lipinski definition) is 1. The third kappa shape index (κ3) is 4.53. The molecule has 1 aromatic carbocycles. The van der Waals surface area contributed by atoms with Crippen LogP contribution in [0.1, 0.15) is 19.4 Å². The molecule has 0 saturated heterocycles. The standard InChI is InChI=1S/C13H21BrN2O3S/c1-10(2)19-7-6-16(3)20(17,18)13-8-11(9-15)4-5-12(13)14/h4-5,8,10H,6-7,9,15H2,1-3H3. The molecule has 0 atom stereocenters. The highest BCUT2D eigenvalue weighted by Gasteiger charge is 2.23. The molecule has 0 radical (unpaired) electrons. The highest BCUT2D eigenvalue weighted by atomic mass is 79.9. The van der Waals surface area contributed by atoms with E-state index < -0.39 is 10.0 Å². The van der Waals surface area contributed by atoms with Gasteiger partial charge in [0, 0.05) is 24.6 Å². The van der Waals surface area contributed by atoms with Crippen LogP contribution in [0.4, 0.5) is 0 Å². The molecule has 7 heteroatoms. The van der Waals surface area contributed by atoms with E-state index in [4.69, 9.17) is 10.5 Å². The first-order chi connectivity index (χ1) is 9.28. The van der Waals surface area contributed by atoms with Gasteiger partial charge in [-0.15, -0.1) is 0 Å². The lowest BCUT2D eigenvalue weighted by molar-refractivity contribution is 0.0737. The quantitative estimate of drug-likeness (QED) is 0.802. The second-order valence-electron chi connectivity index (χ2n) is 4.72. The highest BCUT2D eigenvalue weighted by Crippen LogP contribution is 2.25. The summed E-state index contributed by atoms with van der Waals surface area (Å²) in [5, 5.41) is 0. The van der Waals surface area contributed by atoms with Crippen LogP contribution >= 0.6 is 15.9 Å². The zero-order chi connectivity index (χ0) is 15.3. The Hall–Kier alpha value is -0.470. The van der Waals surface area contributed by atoms with E-state index in [1.165, 1.54) is 4.31 Å². The monoisotopic (exact) mass is 364 g/mol. The number of ether oxygens (including phenoxy) is 1. The van der Waals surface area contributed by atoms with E-state index in [9.17, 15) is 8.42 Å². The number of likely N-dealkylation sites (N-methyl/N-ethyl adjacent to an activating group) is 1. The van der Waals surface area contributed by atoms with Gasteiger partial charge in [0.1, 0.15) is 0 Å². The topological polar surface area (TPSA) is 72.6 Å². The van der Waals surface area contributed by atoms with Crippen LogP contribution in [0.2, 0.25) is 0 Å². The summed E-state index contributed by atoms with van der Waals surface area (Å²) in [4.78, 5) is 0.229. The number of benzene rings is 1. The molecule has 0 aliphatic heterocycles. The fourth-order valence-electron chi connectivity index (χ4n) is 1.58. The number of sulfonamides is 1. The average molecular weight is 365 g/mol. The lowest BCUT2D eigenvalue weighted by Gasteiger charge is -2.19. The molecule has 1 aromatic rings. The summed E-state index contributed by atoms with van der Waals surface area (Å²) >= 11 is 3.28. The minimum Gasteiger partial charge on any atom is -0.377 e. The Kier molecular flexibility index (Phi) is 6.60. The molecule has 0 aliphatic carbocycles. The van der Waals surface area contributed by atoms with Gasteiger partial charge in [-0.1, -0.05) is 6.07 Å². The summed E-state index contributed by atoms with van der Waals surface area (Å²) in [6.45, 7) is 4.79. The summed E-state index contributed by atoms with van der Waals surface area (Å²) in [6.07, 6.45) is 0.0819. The second-order valence-corrected chi connectivity index (χ2v) is 7.58. The summed E-state index contributed by atoms with van der Waals surface area (Å²) in [5.74, 6) is 0. The SMILES string of the molecule is CC(C)OCCN(C)S(=O)(=O)c1cc(CN)ccc1Br. The Morgan fingerprint density at radius 3 is 2.60 bits per heavy atom. The number of hydrogen-bond acceptors (Lipinski definition) is 4. The van der Waals surface area contributed by atoms with Crippen molar-refractivity contribution in [2.75, 3.05) is 20.2 Å². The van der Waals surface area contributed by atoms with Gasteiger partial charge in [0.25, 0.3) is 0 Å². The van der Waals surface area contributed by atoms with Crippen molar-refractivity contribution in [2.24, 2.45) is 5.73 Å². The van der Waals surface area contributed by atoms with Gasteiger partial charge in [-0.05, 0) is 47.5 Å². The first-order valence-electron chi connectivity index (χ1n) is 6.35. The fourth-order valence-corrected chi connectivity index (χ4v) is 3.70. The molecule has 114 valence electrons. The molecule has 0 unspecified atom stereocenters. The normalized spacial score (nSPS) is 12.3. The van der Waals surface area contributed by atoms with Crippen LogP contribution in [0.3, 0.4) is 0 Å². The van der Waals surface area contributed by atoms with Crippen molar-refractivity contribution >= 4 is 26.0 Å². The average Bonchev–Trinajstić information content (AvgIpc) is 2.38. The minimum absolute atomic E-state index is 0.0819. The molecule has 0 spiro atoms. The molecule has 0 bridgehead atoms. The molecule has 0 saturated carbocycles. The molecule has 0 aromatic heterocycles. The van der Waals surface area contributed by atoms with Crippen LogP contribution in [0, 0.1) is 0 Å². The third-order valence-electron chi connectivity index (χ3n) is 2.78. The van der Waals surface area contributed by atoms with Gasteiger partial charge in [-0.2, -0.15) is 4.31 Å². The summed E-state index contributed by atoms with van der Waals surface area (Å²) in [5.41, 5.74) is 6.33. The van der Waals surface area contributed by atoms with Gasteiger partial charge in [-0.3, -0.25) is 0 Å². The molecule has 0 aliphatic rings. The largest absolute Gasteiger partial charge is 0.377 e. The van der Waals surface area contributed by atoms with Gasteiger partial charge in [-0.25, -0.2) is 8.42 Å². The summed E-state index contributed by atoms with van der Waals surface area (Å²) < 4.78 is 32.2. The molecule has 20 heavy (non-hydrogen) atoms. The van der Waals surface area contributed by atoms with Crippen LogP contribution in [0.5, 0.6) is 0 Å². The van der Waals surface area contributed by atoms with E-state index in [1.807, 2.05) is 13.8 Å². The van der Waals surface area contributed by atoms with Crippen LogP contribution in [-0.2, 0) is 21.3 Å². The molecular formula is C13H21BrN2O3S. The predicted molar refractivity (Wildman–Crippen MR) is 82.9 cm³/mol. The van der Waals surface area contributed by atoms with E-state index in [0.717, 1.165) is 5.56 Å². The molecule has 5 nitrogen and oxygen atoms in total. The zero-order valence-corrected chi connectivity index (χ0v) is 14.4. The van der Waals surface area contributed by atoms with E-state index in [2.05, 4.69) is 15.9 Å². The maximum absolute atomic E-state index is 12.5. The van der Waals surface area contributed by atoms with Gasteiger partial charge in [0.2, 0.25) is 10.0 Å². The number of nitrogens with zero attached hydrogens (tertiary/aromatic N) is 1. The summed E-state index contributed by atoms with van der Waals surface area (Å²) in [7, 11) is -2.01. The molecule has 0 fully saturated rings. The first kappa shape index (κ1) is 17.6. The Morgan fingerprint density at radius 1 is 1.40 bits per heavy atom. The molecular weight excluding hydrogens is 344 g/mol. The lowest BCUT2D eigenvalue weighted by atomic mass is 10.2. The van der Waals surface area contributed by atoms with E-state index in [0.29, 0.717) is 24.2 Å². The van der Waals surface area contributed by atoms with Crippen molar-refractivity contribution in [3.63, 3.8) is 0 Å². The Balaban J connectivity index is 2.92. The van der Waals surface area contributed by atoms with Gasteiger partial charge in [0.15, 0.2) is 0 Å². The highest BCUT2D eigenvalue weighted by molar-refractivity contribution is 9.10. The van der Waals surface area contributed by atoms with Crippen molar-refractivity contribution < 1.29 is 13.2 Å². The van der Waals surface area contributed by atoms with Crippen molar-refractivity contribution in [3.8, 4) is 0 Å². The number of rotatable bonds is 7. The van der Waals surface area contributed by atoms with Crippen molar-refractivity contribution in [2.45, 2.75) is 31.4 Å². The predicted octanol–water partition coefficient (Wildman–Crippen LogP) is 1.95. The second kappa shape index (κ2) is 7.51.